The molecule has 3 rings (SSSR count). The van der Waals surface area contributed by atoms with Gasteiger partial charge in [-0.15, -0.1) is 0 Å². The summed E-state index contributed by atoms with van der Waals surface area (Å²) in [4.78, 5) is 26.6. The number of morpholine rings is 1. The highest BCUT2D eigenvalue weighted by atomic mass is 16.5. The number of amides is 1. The average molecular weight is 389 g/mol. The number of ether oxygens (including phenoxy) is 1. The minimum atomic E-state index is 0.180. The van der Waals surface area contributed by atoms with Gasteiger partial charge in [0, 0.05) is 38.0 Å². The maximum atomic E-state index is 12.8. The number of aryl methyl sites for hydroxylation is 1. The van der Waals surface area contributed by atoms with Gasteiger partial charge in [-0.1, -0.05) is 32.6 Å². The zero-order chi connectivity index (χ0) is 20.1. The molecule has 0 aliphatic carbocycles. The van der Waals surface area contributed by atoms with Crippen molar-refractivity contribution in [2.75, 3.05) is 24.5 Å². The highest BCUT2D eigenvalue weighted by molar-refractivity contribution is 5.76. The van der Waals surface area contributed by atoms with E-state index >= 15 is 0 Å². The highest BCUT2D eigenvalue weighted by Crippen LogP contribution is 2.29. The van der Waals surface area contributed by atoms with Crippen molar-refractivity contribution in [1.29, 1.82) is 0 Å². The fourth-order valence-electron chi connectivity index (χ4n) is 4.38. The molecule has 6 heteroatoms. The molecule has 28 heavy (non-hydrogen) atoms. The molecule has 1 saturated heterocycles. The zero-order valence-electron chi connectivity index (χ0n) is 18.0. The van der Waals surface area contributed by atoms with Crippen LogP contribution in [0.25, 0.3) is 0 Å². The predicted molar refractivity (Wildman–Crippen MR) is 111 cm³/mol. The van der Waals surface area contributed by atoms with Gasteiger partial charge in [0.15, 0.2) is 0 Å². The van der Waals surface area contributed by atoms with Gasteiger partial charge in [-0.05, 0) is 27.2 Å². The van der Waals surface area contributed by atoms with Gasteiger partial charge in [0.1, 0.15) is 11.6 Å². The zero-order valence-corrected chi connectivity index (χ0v) is 18.0. The van der Waals surface area contributed by atoms with E-state index in [-0.39, 0.29) is 18.1 Å². The number of fused-ring (bicyclic) bond motifs is 1. The maximum absolute atomic E-state index is 12.8. The van der Waals surface area contributed by atoms with E-state index in [1.807, 2.05) is 11.8 Å². The summed E-state index contributed by atoms with van der Waals surface area (Å²) in [7, 11) is 0. The fourth-order valence-corrected chi connectivity index (χ4v) is 4.38. The van der Waals surface area contributed by atoms with E-state index in [4.69, 9.17) is 9.72 Å². The topological polar surface area (TPSA) is 58.6 Å². The molecular weight excluding hydrogens is 352 g/mol. The Hall–Kier alpha value is -1.69. The van der Waals surface area contributed by atoms with Crippen LogP contribution in [-0.4, -0.2) is 52.6 Å². The quantitative estimate of drug-likeness (QED) is 0.668. The summed E-state index contributed by atoms with van der Waals surface area (Å²) < 4.78 is 5.89. The van der Waals surface area contributed by atoms with E-state index in [1.54, 1.807) is 0 Å². The number of nitrogens with zero attached hydrogens (tertiary/aromatic N) is 4. The van der Waals surface area contributed by atoms with E-state index in [0.717, 1.165) is 61.8 Å². The van der Waals surface area contributed by atoms with E-state index in [0.29, 0.717) is 13.0 Å². The molecule has 0 N–H and O–H groups in total. The predicted octanol–water partition coefficient (Wildman–Crippen LogP) is 3.64. The number of carbonyl (C=O) groups excluding carboxylic acids is 1. The lowest BCUT2D eigenvalue weighted by Gasteiger charge is -2.38. The summed E-state index contributed by atoms with van der Waals surface area (Å²) in [6.07, 6.45) is 7.73. The van der Waals surface area contributed by atoms with Gasteiger partial charge in [0.25, 0.3) is 0 Å². The second-order valence-corrected chi connectivity index (χ2v) is 8.41. The molecule has 0 saturated carbocycles. The van der Waals surface area contributed by atoms with E-state index in [9.17, 15) is 4.79 Å². The summed E-state index contributed by atoms with van der Waals surface area (Å²) in [5.41, 5.74) is 2.25. The van der Waals surface area contributed by atoms with E-state index < -0.39 is 0 Å². The first-order chi connectivity index (χ1) is 13.5. The Bertz CT molecular complexity index is 669. The molecule has 0 radical (unpaired) electrons. The smallest absolute Gasteiger partial charge is 0.222 e. The SMILES string of the molecule is CCCCCCCC(=O)N1CCc2nc(C)nc(N3CC(C)OC(C)C3)c2C1. The molecule has 6 nitrogen and oxygen atoms in total. The normalized spacial score (nSPS) is 22.3. The second kappa shape index (κ2) is 9.68. The minimum Gasteiger partial charge on any atom is -0.372 e. The van der Waals surface area contributed by atoms with Crippen molar-refractivity contribution in [2.24, 2.45) is 0 Å². The Morgan fingerprint density at radius 3 is 2.54 bits per heavy atom. The van der Waals surface area contributed by atoms with Crippen molar-refractivity contribution in [3.63, 3.8) is 0 Å². The second-order valence-electron chi connectivity index (χ2n) is 8.41. The van der Waals surface area contributed by atoms with Gasteiger partial charge in [0.2, 0.25) is 5.91 Å². The molecule has 0 bridgehead atoms. The van der Waals surface area contributed by atoms with Crippen LogP contribution in [0.4, 0.5) is 5.82 Å². The molecule has 2 atom stereocenters. The van der Waals surface area contributed by atoms with Crippen LogP contribution >= 0.6 is 0 Å². The van der Waals surface area contributed by atoms with Crippen LogP contribution in [-0.2, 0) is 22.5 Å². The molecule has 0 spiro atoms. The first-order valence-corrected chi connectivity index (χ1v) is 11.0. The van der Waals surface area contributed by atoms with Gasteiger partial charge >= 0.3 is 0 Å². The molecular formula is C22H36N4O2. The summed E-state index contributed by atoms with van der Waals surface area (Å²) >= 11 is 0. The summed E-state index contributed by atoms with van der Waals surface area (Å²) in [5, 5.41) is 0. The number of carbonyl (C=O) groups is 1. The van der Waals surface area contributed by atoms with Gasteiger partial charge in [-0.25, -0.2) is 9.97 Å². The Morgan fingerprint density at radius 1 is 1.11 bits per heavy atom. The van der Waals surface area contributed by atoms with Crippen LogP contribution in [0.15, 0.2) is 0 Å². The van der Waals surface area contributed by atoms with Gasteiger partial charge in [-0.3, -0.25) is 4.79 Å². The van der Waals surface area contributed by atoms with Crippen LogP contribution in [0, 0.1) is 6.92 Å². The summed E-state index contributed by atoms with van der Waals surface area (Å²) in [6, 6.07) is 0. The summed E-state index contributed by atoms with van der Waals surface area (Å²) in [6.45, 7) is 11.5. The van der Waals surface area contributed by atoms with Crippen molar-refractivity contribution < 1.29 is 9.53 Å². The van der Waals surface area contributed by atoms with E-state index in [1.165, 1.54) is 19.3 Å². The molecule has 1 fully saturated rings. The van der Waals surface area contributed by atoms with Crippen LogP contribution in [0.1, 0.15) is 76.4 Å². The standard InChI is InChI=1S/C22H36N4O2/c1-5-6-7-8-9-10-21(27)25-12-11-20-19(15-25)22(24-18(4)23-20)26-13-16(2)28-17(3)14-26/h16-17H,5-15H2,1-4H3. The molecule has 156 valence electrons. The number of rotatable bonds is 7. The van der Waals surface area contributed by atoms with Crippen molar-refractivity contribution >= 4 is 11.7 Å². The molecule has 2 aliphatic rings. The van der Waals surface area contributed by atoms with Crippen molar-refractivity contribution in [3.8, 4) is 0 Å². The third kappa shape index (κ3) is 5.22. The van der Waals surface area contributed by atoms with E-state index in [2.05, 4.69) is 30.7 Å². The van der Waals surface area contributed by atoms with Crippen LogP contribution in [0.5, 0.6) is 0 Å². The number of hydrogen-bond acceptors (Lipinski definition) is 5. The van der Waals surface area contributed by atoms with Gasteiger partial charge < -0.3 is 14.5 Å². The maximum Gasteiger partial charge on any atom is 0.222 e. The lowest BCUT2D eigenvalue weighted by Crippen LogP contribution is -2.47. The molecule has 3 heterocycles. The van der Waals surface area contributed by atoms with Crippen molar-refractivity contribution in [1.82, 2.24) is 14.9 Å². The molecule has 2 unspecified atom stereocenters. The Kier molecular flexibility index (Phi) is 7.27. The van der Waals surface area contributed by atoms with Crippen LogP contribution < -0.4 is 4.90 Å². The lowest BCUT2D eigenvalue weighted by molar-refractivity contribution is -0.132. The molecule has 1 aromatic heterocycles. The summed E-state index contributed by atoms with van der Waals surface area (Å²) in [5.74, 6) is 2.10. The molecule has 1 amide bonds. The van der Waals surface area contributed by atoms with Crippen molar-refractivity contribution in [3.05, 3.63) is 17.1 Å². The first kappa shape index (κ1) is 21.0. The minimum absolute atomic E-state index is 0.180. The Balaban J connectivity index is 1.70. The highest BCUT2D eigenvalue weighted by Gasteiger charge is 2.30. The number of hydrogen-bond donors (Lipinski definition) is 0. The van der Waals surface area contributed by atoms with Gasteiger partial charge in [0.05, 0.1) is 24.4 Å². The number of anilines is 1. The Morgan fingerprint density at radius 2 is 1.82 bits per heavy atom. The largest absolute Gasteiger partial charge is 0.372 e. The molecule has 2 aliphatic heterocycles. The molecule has 0 aromatic carbocycles. The van der Waals surface area contributed by atoms with Crippen LogP contribution in [0.3, 0.4) is 0 Å². The molecule has 1 aromatic rings. The first-order valence-electron chi connectivity index (χ1n) is 11.0. The van der Waals surface area contributed by atoms with Gasteiger partial charge in [-0.2, -0.15) is 0 Å². The van der Waals surface area contributed by atoms with Crippen LogP contribution in [0.2, 0.25) is 0 Å². The third-order valence-corrected chi connectivity index (χ3v) is 5.72. The number of unbranched alkanes of at least 4 members (excludes halogenated alkanes) is 4. The Labute approximate surface area is 169 Å². The average Bonchev–Trinajstić information content (AvgIpc) is 2.66. The third-order valence-electron chi connectivity index (χ3n) is 5.72. The fraction of sp³-hybridized carbons (Fsp3) is 0.773. The number of aromatic nitrogens is 2. The van der Waals surface area contributed by atoms with Crippen molar-refractivity contribution in [2.45, 2.75) is 91.4 Å². The lowest BCUT2D eigenvalue weighted by atomic mass is 10.0. The monoisotopic (exact) mass is 388 g/mol.